The van der Waals surface area contributed by atoms with Crippen molar-refractivity contribution in [3.05, 3.63) is 36.4 Å². The zero-order valence-electron chi connectivity index (χ0n) is 27.5. The fourth-order valence-corrected chi connectivity index (χ4v) is 8.82. The third-order valence-electron chi connectivity index (χ3n) is 8.49. The number of Topliss-reactive ketones (excluding diaryl/α,β-unsaturated/α-hetero) is 1. The number of nitrogens with two attached hydrogens (primary N) is 1. The van der Waals surface area contributed by atoms with Gasteiger partial charge in [0.1, 0.15) is 5.78 Å². The summed E-state index contributed by atoms with van der Waals surface area (Å²) in [6, 6.07) is 11.7. The van der Waals surface area contributed by atoms with E-state index in [1.54, 1.807) is 12.1 Å². The number of nitrogens with zero attached hydrogens (tertiary/aromatic N) is 1. The van der Waals surface area contributed by atoms with Crippen molar-refractivity contribution >= 4 is 50.1 Å². The first-order valence-electron chi connectivity index (χ1n) is 16.8. The van der Waals surface area contributed by atoms with Crippen molar-refractivity contribution in [2.75, 3.05) is 37.8 Å². The number of fused-ring (bicyclic) bond motifs is 2. The lowest BCUT2D eigenvalue weighted by molar-refractivity contribution is -0.119. The van der Waals surface area contributed by atoms with E-state index in [4.69, 9.17) is 5.73 Å². The molecule has 2 fully saturated rings. The van der Waals surface area contributed by atoms with Gasteiger partial charge >= 0.3 is 6.03 Å². The lowest BCUT2D eigenvalue weighted by Gasteiger charge is -2.17. The first-order valence-corrected chi connectivity index (χ1v) is 19.3. The maximum absolute atomic E-state index is 12.6. The molecule has 2 aliphatic heterocycles. The first-order chi connectivity index (χ1) is 21.7. The third kappa shape index (κ3) is 11.8. The Morgan fingerprint density at radius 1 is 0.933 bits per heavy atom. The molecule has 2 amide bonds. The number of nitrogens with one attached hydrogen (secondary N) is 3. The molecular formula is C34H55N5O4S2. The normalized spacial score (nSPS) is 19.0. The van der Waals surface area contributed by atoms with E-state index < -0.39 is 10.0 Å². The molecule has 11 heteroatoms. The Morgan fingerprint density at radius 3 is 2.36 bits per heavy atom. The molecule has 4 rings (SSSR count). The second-order valence-electron chi connectivity index (χ2n) is 12.3. The molecule has 5 N–H and O–H groups in total. The Morgan fingerprint density at radius 2 is 1.62 bits per heavy atom. The monoisotopic (exact) mass is 661 g/mol. The number of carbonyl (C=O) groups is 2. The van der Waals surface area contributed by atoms with E-state index >= 15 is 0 Å². The summed E-state index contributed by atoms with van der Waals surface area (Å²) in [6.45, 7) is 3.29. The quantitative estimate of drug-likeness (QED) is 0.108. The SMILES string of the molecule is CCCCCCCC(=O)CCCCC1SCC2NC(=O)NC21.CN(C)c1cccc2c(S(=O)(=O)NCCCCCN)cccc12. The number of urea groups is 1. The van der Waals surface area contributed by atoms with Gasteiger partial charge in [0.05, 0.1) is 17.0 Å². The predicted molar refractivity (Wildman–Crippen MR) is 189 cm³/mol. The van der Waals surface area contributed by atoms with Crippen molar-refractivity contribution in [1.82, 2.24) is 15.4 Å². The van der Waals surface area contributed by atoms with Gasteiger partial charge < -0.3 is 21.3 Å². The summed E-state index contributed by atoms with van der Waals surface area (Å²) in [6.07, 6.45) is 13.4. The number of carbonyl (C=O) groups excluding carboxylic acids is 2. The van der Waals surface area contributed by atoms with Gasteiger partial charge in [0, 0.05) is 60.9 Å². The molecule has 0 bridgehead atoms. The second kappa shape index (κ2) is 19.4. The van der Waals surface area contributed by atoms with Crippen LogP contribution in [0.15, 0.2) is 41.3 Å². The van der Waals surface area contributed by atoms with Crippen molar-refractivity contribution in [3.63, 3.8) is 0 Å². The lowest BCUT2D eigenvalue weighted by atomic mass is 10.0. The van der Waals surface area contributed by atoms with Gasteiger partial charge in [0.2, 0.25) is 10.0 Å². The highest BCUT2D eigenvalue weighted by molar-refractivity contribution is 8.00. The van der Waals surface area contributed by atoms with Gasteiger partial charge in [-0.05, 0) is 50.8 Å². The molecule has 252 valence electrons. The number of anilines is 1. The average Bonchev–Trinajstić information content (AvgIpc) is 3.57. The third-order valence-corrected chi connectivity index (χ3v) is 11.5. The molecule has 2 saturated heterocycles. The molecule has 0 radical (unpaired) electrons. The van der Waals surface area contributed by atoms with E-state index in [2.05, 4.69) is 22.3 Å². The fraction of sp³-hybridized carbons (Fsp3) is 0.647. The molecule has 9 nitrogen and oxygen atoms in total. The van der Waals surface area contributed by atoms with E-state index in [-0.39, 0.29) is 6.03 Å². The number of hydrogen-bond donors (Lipinski definition) is 4. The summed E-state index contributed by atoms with van der Waals surface area (Å²) >= 11 is 1.95. The van der Waals surface area contributed by atoms with E-state index in [9.17, 15) is 18.0 Å². The summed E-state index contributed by atoms with van der Waals surface area (Å²) < 4.78 is 27.9. The summed E-state index contributed by atoms with van der Waals surface area (Å²) in [5.41, 5.74) is 6.45. The molecule has 0 aromatic heterocycles. The number of sulfonamides is 1. The highest BCUT2D eigenvalue weighted by atomic mass is 32.2. The van der Waals surface area contributed by atoms with E-state index in [0.29, 0.717) is 41.1 Å². The highest BCUT2D eigenvalue weighted by Gasteiger charge is 2.42. The van der Waals surface area contributed by atoms with Crippen molar-refractivity contribution in [2.45, 2.75) is 113 Å². The molecule has 2 aromatic rings. The minimum absolute atomic E-state index is 0.0152. The maximum Gasteiger partial charge on any atom is 0.315 e. The summed E-state index contributed by atoms with van der Waals surface area (Å²) in [7, 11) is 0.384. The Kier molecular flexibility index (Phi) is 16.0. The van der Waals surface area contributed by atoms with Gasteiger partial charge in [-0.25, -0.2) is 17.9 Å². The van der Waals surface area contributed by atoms with Crippen molar-refractivity contribution in [2.24, 2.45) is 5.73 Å². The topological polar surface area (TPSA) is 134 Å². The van der Waals surface area contributed by atoms with Gasteiger partial charge in [-0.2, -0.15) is 11.8 Å². The number of rotatable bonds is 19. The molecule has 45 heavy (non-hydrogen) atoms. The van der Waals surface area contributed by atoms with Crippen molar-refractivity contribution in [1.29, 1.82) is 0 Å². The molecule has 3 unspecified atom stereocenters. The Balaban J connectivity index is 0.000000246. The van der Waals surface area contributed by atoms with Gasteiger partial charge in [0.25, 0.3) is 0 Å². The fourth-order valence-electron chi connectivity index (χ4n) is 5.98. The van der Waals surface area contributed by atoms with Crippen LogP contribution in [-0.4, -0.2) is 70.5 Å². The lowest BCUT2D eigenvalue weighted by Crippen LogP contribution is -2.36. The number of amides is 2. The van der Waals surface area contributed by atoms with Crippen LogP contribution in [0.2, 0.25) is 0 Å². The standard InChI is InChI=1S/C17H25N3O2S.C17H30N2O2S/c1-20(2)16-10-6-9-15-14(16)8-7-11-17(15)23(21,22)19-13-5-3-4-12-18;1-2-3-4-5-6-9-13(20)10-7-8-11-15-16-14(12-22-15)18-17(21)19-16/h6-11,19H,3-5,12-13,18H2,1-2H3;14-16H,2-12H2,1H3,(H2,18,19,21). The number of benzene rings is 2. The molecule has 0 spiro atoms. The Hall–Kier alpha value is -2.34. The molecule has 0 saturated carbocycles. The summed E-state index contributed by atoms with van der Waals surface area (Å²) in [5, 5.41) is 8.19. The van der Waals surface area contributed by atoms with E-state index in [1.807, 2.05) is 55.0 Å². The van der Waals surface area contributed by atoms with Crippen LogP contribution in [-0.2, 0) is 14.8 Å². The van der Waals surface area contributed by atoms with Gasteiger partial charge in [0.15, 0.2) is 0 Å². The van der Waals surface area contributed by atoms with E-state index in [1.165, 1.54) is 25.7 Å². The molecule has 0 aliphatic carbocycles. The van der Waals surface area contributed by atoms with Crippen LogP contribution in [0.3, 0.4) is 0 Å². The van der Waals surface area contributed by atoms with Crippen LogP contribution in [0.5, 0.6) is 0 Å². The molecule has 2 aliphatic rings. The number of unbranched alkanes of at least 4 members (excludes halogenated alkanes) is 7. The van der Waals surface area contributed by atoms with Crippen molar-refractivity contribution in [3.8, 4) is 0 Å². The van der Waals surface area contributed by atoms with Gasteiger partial charge in [-0.1, -0.05) is 69.7 Å². The first kappa shape index (κ1) is 37.1. The van der Waals surface area contributed by atoms with Crippen LogP contribution in [0.1, 0.15) is 90.4 Å². The predicted octanol–water partition coefficient (Wildman–Crippen LogP) is 5.95. The van der Waals surface area contributed by atoms with Crippen LogP contribution >= 0.6 is 11.8 Å². The molecule has 2 heterocycles. The van der Waals surface area contributed by atoms with Gasteiger partial charge in [-0.3, -0.25) is 4.79 Å². The zero-order valence-corrected chi connectivity index (χ0v) is 29.1. The summed E-state index contributed by atoms with van der Waals surface area (Å²) in [4.78, 5) is 25.5. The van der Waals surface area contributed by atoms with Gasteiger partial charge in [-0.15, -0.1) is 0 Å². The Labute approximate surface area is 275 Å². The maximum atomic E-state index is 12.6. The Bertz CT molecular complexity index is 1320. The number of ketones is 1. The second-order valence-corrected chi connectivity index (χ2v) is 15.3. The van der Waals surface area contributed by atoms with E-state index in [0.717, 1.165) is 80.0 Å². The largest absolute Gasteiger partial charge is 0.377 e. The highest BCUT2D eigenvalue weighted by Crippen LogP contribution is 2.33. The summed E-state index contributed by atoms with van der Waals surface area (Å²) in [5.74, 6) is 1.45. The number of hydrogen-bond acceptors (Lipinski definition) is 7. The minimum atomic E-state index is -3.52. The zero-order chi connectivity index (χ0) is 32.7. The minimum Gasteiger partial charge on any atom is -0.377 e. The van der Waals surface area contributed by atoms with Crippen molar-refractivity contribution < 1.29 is 18.0 Å². The number of thioether (sulfide) groups is 1. The molecular weight excluding hydrogens is 607 g/mol. The van der Waals surface area contributed by atoms with Crippen LogP contribution in [0, 0.1) is 0 Å². The van der Waals surface area contributed by atoms with Crippen LogP contribution in [0.25, 0.3) is 10.8 Å². The van der Waals surface area contributed by atoms with Crippen LogP contribution in [0.4, 0.5) is 10.5 Å². The van der Waals surface area contributed by atoms with Crippen LogP contribution < -0.4 is 26.0 Å². The average molecular weight is 662 g/mol. The molecule has 3 atom stereocenters. The smallest absolute Gasteiger partial charge is 0.315 e. The molecule has 2 aromatic carbocycles.